The minimum absolute atomic E-state index is 0.104. The summed E-state index contributed by atoms with van der Waals surface area (Å²) in [6, 6.07) is 14.7. The van der Waals surface area contributed by atoms with E-state index in [4.69, 9.17) is 0 Å². The zero-order valence-electron chi connectivity index (χ0n) is 16.0. The van der Waals surface area contributed by atoms with E-state index >= 15 is 0 Å². The fraction of sp³-hybridized carbons (Fsp3) is 0.375. The van der Waals surface area contributed by atoms with Crippen molar-refractivity contribution in [3.8, 4) is 0 Å². The Labute approximate surface area is 164 Å². The van der Waals surface area contributed by atoms with Crippen LogP contribution < -0.4 is 0 Å². The zero-order valence-corrected chi connectivity index (χ0v) is 16.0. The molecule has 0 amide bonds. The van der Waals surface area contributed by atoms with E-state index in [0.29, 0.717) is 17.9 Å². The second-order valence-corrected chi connectivity index (χ2v) is 8.14. The number of ketones is 1. The molecule has 2 aliphatic rings. The van der Waals surface area contributed by atoms with E-state index in [1.54, 1.807) is 17.8 Å². The third kappa shape index (κ3) is 3.06. The summed E-state index contributed by atoms with van der Waals surface area (Å²) >= 11 is 0. The molecule has 1 aromatic heterocycles. The van der Waals surface area contributed by atoms with Crippen LogP contribution >= 0.6 is 0 Å². The topological polar surface area (TPSA) is 25.2 Å². The third-order valence-corrected chi connectivity index (χ3v) is 6.35. The molecule has 3 heterocycles. The van der Waals surface area contributed by atoms with Gasteiger partial charge in [0.1, 0.15) is 5.82 Å². The summed E-state index contributed by atoms with van der Waals surface area (Å²) in [6.45, 7) is 4.14. The first kappa shape index (κ1) is 17.6. The summed E-state index contributed by atoms with van der Waals surface area (Å²) in [6.07, 6.45) is 3.86. The van der Waals surface area contributed by atoms with Gasteiger partial charge in [0.05, 0.1) is 0 Å². The molecule has 0 spiro atoms. The second kappa shape index (κ2) is 7.17. The van der Waals surface area contributed by atoms with Crippen LogP contribution in [0.2, 0.25) is 0 Å². The van der Waals surface area contributed by atoms with Gasteiger partial charge in [-0.2, -0.15) is 0 Å². The van der Waals surface area contributed by atoms with Crippen LogP contribution in [-0.4, -0.2) is 28.3 Å². The van der Waals surface area contributed by atoms with Crippen molar-refractivity contribution in [2.24, 2.45) is 0 Å². The zero-order chi connectivity index (χ0) is 19.1. The standard InChI is InChI=1S/C24H25FN2O/c25-19-11-9-17(10-12-19)23(28)8-4-13-26-15-18-5-3-14-27-22-7-2-1-6-20(22)21(16-26)24(18)27/h1-2,6-7,9-12,18H,3-5,8,13-16H2. The summed E-state index contributed by atoms with van der Waals surface area (Å²) in [4.78, 5) is 14.9. The molecule has 2 aliphatic heterocycles. The lowest BCUT2D eigenvalue weighted by Crippen LogP contribution is -2.36. The summed E-state index contributed by atoms with van der Waals surface area (Å²) in [5.41, 5.74) is 5.05. The average Bonchev–Trinajstić information content (AvgIpc) is 3.04. The first-order valence-electron chi connectivity index (χ1n) is 10.3. The van der Waals surface area contributed by atoms with E-state index in [2.05, 4.69) is 33.7 Å². The monoisotopic (exact) mass is 376 g/mol. The summed E-state index contributed by atoms with van der Waals surface area (Å²) < 4.78 is 15.6. The number of aromatic nitrogens is 1. The number of hydrogen-bond acceptors (Lipinski definition) is 2. The van der Waals surface area contributed by atoms with Crippen molar-refractivity contribution in [1.29, 1.82) is 0 Å². The van der Waals surface area contributed by atoms with Gasteiger partial charge in [0.15, 0.2) is 5.78 Å². The molecule has 0 radical (unpaired) electrons. The summed E-state index contributed by atoms with van der Waals surface area (Å²) in [5, 5.41) is 1.40. The van der Waals surface area contributed by atoms with E-state index in [1.807, 2.05) is 0 Å². The molecule has 4 heteroatoms. The lowest BCUT2D eigenvalue weighted by Gasteiger charge is -2.36. The fourth-order valence-electron chi connectivity index (χ4n) is 5.09. The first-order valence-corrected chi connectivity index (χ1v) is 10.3. The van der Waals surface area contributed by atoms with Crippen LogP contribution in [0, 0.1) is 5.82 Å². The maximum atomic E-state index is 13.0. The van der Waals surface area contributed by atoms with Crippen LogP contribution in [0.15, 0.2) is 48.5 Å². The van der Waals surface area contributed by atoms with Gasteiger partial charge in [-0.05, 0) is 61.7 Å². The number of aryl methyl sites for hydroxylation is 1. The highest BCUT2D eigenvalue weighted by Crippen LogP contribution is 2.41. The number of fused-ring (bicyclic) bond motifs is 3. The normalized spacial score (nSPS) is 19.0. The minimum atomic E-state index is -0.299. The Morgan fingerprint density at radius 3 is 2.79 bits per heavy atom. The summed E-state index contributed by atoms with van der Waals surface area (Å²) in [5.74, 6) is 0.414. The quantitative estimate of drug-likeness (QED) is 0.576. The molecule has 0 bridgehead atoms. The Kier molecular flexibility index (Phi) is 4.52. The van der Waals surface area contributed by atoms with E-state index < -0.39 is 0 Å². The Hall–Kier alpha value is -2.46. The lowest BCUT2D eigenvalue weighted by molar-refractivity contribution is 0.0972. The number of Topliss-reactive ketones (excluding diaryl/α,β-unsaturated/α-hetero) is 1. The van der Waals surface area contributed by atoms with Crippen molar-refractivity contribution in [1.82, 2.24) is 9.47 Å². The number of carbonyl (C=O) groups is 1. The van der Waals surface area contributed by atoms with Gasteiger partial charge in [0.25, 0.3) is 0 Å². The summed E-state index contributed by atoms with van der Waals surface area (Å²) in [7, 11) is 0. The van der Waals surface area contributed by atoms with Crippen molar-refractivity contribution in [2.45, 2.75) is 44.7 Å². The van der Waals surface area contributed by atoms with Gasteiger partial charge in [-0.25, -0.2) is 4.39 Å². The number of rotatable bonds is 5. The molecule has 1 unspecified atom stereocenters. The van der Waals surface area contributed by atoms with Gasteiger partial charge in [-0.15, -0.1) is 0 Å². The molecular weight excluding hydrogens is 351 g/mol. The van der Waals surface area contributed by atoms with Crippen molar-refractivity contribution in [3.63, 3.8) is 0 Å². The molecule has 2 aromatic carbocycles. The number of hydrogen-bond donors (Lipinski definition) is 0. The molecule has 0 fully saturated rings. The van der Waals surface area contributed by atoms with Gasteiger partial charge >= 0.3 is 0 Å². The van der Waals surface area contributed by atoms with Gasteiger partial charge in [-0.3, -0.25) is 9.69 Å². The van der Waals surface area contributed by atoms with Crippen LogP contribution in [-0.2, 0) is 13.1 Å². The van der Waals surface area contributed by atoms with Crippen molar-refractivity contribution in [3.05, 3.63) is 71.2 Å². The maximum absolute atomic E-state index is 13.0. The van der Waals surface area contributed by atoms with Crippen LogP contribution in [0.5, 0.6) is 0 Å². The molecule has 0 saturated carbocycles. The van der Waals surface area contributed by atoms with E-state index in [9.17, 15) is 9.18 Å². The van der Waals surface area contributed by atoms with E-state index in [1.165, 1.54) is 41.4 Å². The van der Waals surface area contributed by atoms with Crippen molar-refractivity contribution < 1.29 is 9.18 Å². The lowest BCUT2D eigenvalue weighted by atomic mass is 9.89. The number of carbonyl (C=O) groups excluding carboxylic acids is 1. The Morgan fingerprint density at radius 2 is 1.93 bits per heavy atom. The predicted molar refractivity (Wildman–Crippen MR) is 109 cm³/mol. The SMILES string of the molecule is O=C(CCCN1Cc2c3n(c4ccccc24)CCCC3C1)c1ccc(F)cc1. The largest absolute Gasteiger partial charge is 0.344 e. The molecule has 0 aliphatic carbocycles. The highest BCUT2D eigenvalue weighted by Gasteiger charge is 2.32. The molecule has 1 atom stereocenters. The van der Waals surface area contributed by atoms with Crippen molar-refractivity contribution in [2.75, 3.05) is 13.1 Å². The maximum Gasteiger partial charge on any atom is 0.162 e. The molecule has 3 nitrogen and oxygen atoms in total. The highest BCUT2D eigenvalue weighted by molar-refractivity contribution is 5.96. The molecule has 0 saturated heterocycles. The van der Waals surface area contributed by atoms with Gasteiger partial charge in [-0.1, -0.05) is 18.2 Å². The third-order valence-electron chi connectivity index (χ3n) is 6.35. The predicted octanol–water partition coefficient (Wildman–Crippen LogP) is 5.14. The molecule has 28 heavy (non-hydrogen) atoms. The van der Waals surface area contributed by atoms with Gasteiger partial charge < -0.3 is 4.57 Å². The first-order chi connectivity index (χ1) is 13.7. The minimum Gasteiger partial charge on any atom is -0.344 e. The fourth-order valence-corrected chi connectivity index (χ4v) is 5.09. The number of para-hydroxylation sites is 1. The van der Waals surface area contributed by atoms with E-state index in [0.717, 1.165) is 32.6 Å². The average molecular weight is 376 g/mol. The second-order valence-electron chi connectivity index (χ2n) is 8.14. The number of benzene rings is 2. The molecule has 3 aromatic rings. The van der Waals surface area contributed by atoms with Crippen LogP contribution in [0.1, 0.15) is 53.2 Å². The van der Waals surface area contributed by atoms with E-state index in [-0.39, 0.29) is 11.6 Å². The Morgan fingerprint density at radius 1 is 1.11 bits per heavy atom. The number of nitrogens with zero attached hydrogens (tertiary/aromatic N) is 2. The Bertz CT molecular complexity index is 1020. The number of halogens is 1. The van der Waals surface area contributed by atoms with Crippen LogP contribution in [0.3, 0.4) is 0 Å². The molecule has 0 N–H and O–H groups in total. The van der Waals surface area contributed by atoms with Gasteiger partial charge in [0.2, 0.25) is 0 Å². The Balaban J connectivity index is 1.29. The van der Waals surface area contributed by atoms with Crippen molar-refractivity contribution >= 4 is 16.7 Å². The highest BCUT2D eigenvalue weighted by atomic mass is 19.1. The molecular formula is C24H25FN2O. The van der Waals surface area contributed by atoms with Crippen LogP contribution in [0.4, 0.5) is 4.39 Å². The van der Waals surface area contributed by atoms with Crippen LogP contribution in [0.25, 0.3) is 10.9 Å². The molecule has 5 rings (SSSR count). The molecule has 144 valence electrons. The smallest absolute Gasteiger partial charge is 0.162 e. The van der Waals surface area contributed by atoms with Gasteiger partial charge in [0, 0.05) is 54.1 Å².